The number of aromatic nitrogens is 2. The Balaban J connectivity index is 2.55. The van der Waals surface area contributed by atoms with Gasteiger partial charge in [-0.05, 0) is 26.0 Å². The minimum absolute atomic E-state index is 0.0542. The van der Waals surface area contributed by atoms with Crippen molar-refractivity contribution < 1.29 is 18.0 Å². The number of hydrogen-bond donors (Lipinski definition) is 0. The van der Waals surface area contributed by atoms with Crippen molar-refractivity contribution in [3.05, 3.63) is 30.1 Å². The molecule has 0 saturated heterocycles. The van der Waals surface area contributed by atoms with Gasteiger partial charge in [0.05, 0.1) is 0 Å². The molecule has 20 heavy (non-hydrogen) atoms. The molecular formula is C13H14F3N3O. The van der Waals surface area contributed by atoms with Crippen molar-refractivity contribution in [2.75, 3.05) is 11.4 Å². The lowest BCUT2D eigenvalue weighted by atomic mass is 10.3. The van der Waals surface area contributed by atoms with Crippen molar-refractivity contribution in [2.24, 2.45) is 0 Å². The molecule has 0 spiro atoms. The quantitative estimate of drug-likeness (QED) is 0.811. The van der Waals surface area contributed by atoms with E-state index < -0.39 is 18.8 Å². The Hall–Kier alpha value is -2.05. The van der Waals surface area contributed by atoms with Crippen molar-refractivity contribution in [2.45, 2.75) is 26.1 Å². The molecule has 0 radical (unpaired) electrons. The normalized spacial score (nSPS) is 12.1. The summed E-state index contributed by atoms with van der Waals surface area (Å²) in [6.07, 6.45) is -2.23. The summed E-state index contributed by atoms with van der Waals surface area (Å²) < 4.78 is 39.5. The van der Waals surface area contributed by atoms with Crippen LogP contribution in [-0.4, -0.2) is 34.4 Å². The highest BCUT2D eigenvalue weighted by Gasteiger charge is 2.34. The molecule has 0 saturated carbocycles. The van der Waals surface area contributed by atoms with E-state index in [-0.39, 0.29) is 11.5 Å². The summed E-state index contributed by atoms with van der Waals surface area (Å²) in [5, 5.41) is 0. The molecule has 4 nitrogen and oxygen atoms in total. The minimum Gasteiger partial charge on any atom is -0.343 e. The third-order valence-electron chi connectivity index (χ3n) is 2.90. The van der Waals surface area contributed by atoms with Crippen molar-refractivity contribution in [1.29, 1.82) is 0 Å². The van der Waals surface area contributed by atoms with Crippen LogP contribution in [0.25, 0.3) is 5.65 Å². The fourth-order valence-corrected chi connectivity index (χ4v) is 2.02. The molecule has 0 fully saturated rings. The van der Waals surface area contributed by atoms with E-state index in [0.717, 1.165) is 4.90 Å². The summed E-state index contributed by atoms with van der Waals surface area (Å²) in [6.45, 7) is 2.12. The van der Waals surface area contributed by atoms with E-state index in [1.807, 2.05) is 0 Å². The standard InChI is InChI=1S/C13H14F3N3O/c1-9(2)19(8-13(14,15)16)12-10(7-20)18-6-4-3-5-11(18)17-12/h3-7,9H,8H2,1-2H3. The van der Waals surface area contributed by atoms with Crippen LogP contribution >= 0.6 is 0 Å². The first-order valence-corrected chi connectivity index (χ1v) is 6.09. The van der Waals surface area contributed by atoms with Gasteiger partial charge >= 0.3 is 6.18 Å². The van der Waals surface area contributed by atoms with Crippen LogP contribution in [0, 0.1) is 0 Å². The molecule has 2 heterocycles. The first-order valence-electron chi connectivity index (χ1n) is 6.09. The minimum atomic E-state index is -4.36. The van der Waals surface area contributed by atoms with Crippen molar-refractivity contribution in [3.8, 4) is 0 Å². The second-order valence-electron chi connectivity index (χ2n) is 4.70. The second-order valence-corrected chi connectivity index (χ2v) is 4.70. The van der Waals surface area contributed by atoms with Gasteiger partial charge < -0.3 is 4.90 Å². The maximum atomic E-state index is 12.7. The van der Waals surface area contributed by atoms with E-state index >= 15 is 0 Å². The smallest absolute Gasteiger partial charge is 0.343 e. The molecule has 0 N–H and O–H groups in total. The average molecular weight is 285 g/mol. The maximum absolute atomic E-state index is 12.7. The molecule has 0 atom stereocenters. The average Bonchev–Trinajstić information content (AvgIpc) is 2.72. The number of halogens is 3. The van der Waals surface area contributed by atoms with E-state index in [1.165, 1.54) is 4.40 Å². The summed E-state index contributed by atoms with van der Waals surface area (Å²) >= 11 is 0. The molecular weight excluding hydrogens is 271 g/mol. The molecule has 7 heteroatoms. The fourth-order valence-electron chi connectivity index (χ4n) is 2.02. The first kappa shape index (κ1) is 14.4. The molecule has 0 aliphatic rings. The van der Waals surface area contributed by atoms with Gasteiger partial charge in [0.2, 0.25) is 0 Å². The summed E-state index contributed by atoms with van der Waals surface area (Å²) in [7, 11) is 0. The lowest BCUT2D eigenvalue weighted by molar-refractivity contribution is -0.120. The number of nitrogens with zero attached hydrogens (tertiary/aromatic N) is 3. The van der Waals surface area contributed by atoms with Gasteiger partial charge in [-0.1, -0.05) is 6.07 Å². The van der Waals surface area contributed by atoms with E-state index in [0.29, 0.717) is 11.9 Å². The number of aldehydes is 1. The summed E-state index contributed by atoms with van der Waals surface area (Å²) in [4.78, 5) is 16.5. The highest BCUT2D eigenvalue weighted by Crippen LogP contribution is 2.26. The van der Waals surface area contributed by atoms with E-state index in [9.17, 15) is 18.0 Å². The maximum Gasteiger partial charge on any atom is 0.405 e. The summed E-state index contributed by atoms with van der Waals surface area (Å²) in [5.41, 5.74) is 0.566. The van der Waals surface area contributed by atoms with Gasteiger partial charge in [-0.3, -0.25) is 9.20 Å². The second kappa shape index (κ2) is 5.15. The summed E-state index contributed by atoms with van der Waals surface area (Å²) in [5.74, 6) is 0.0542. The predicted molar refractivity (Wildman–Crippen MR) is 69.1 cm³/mol. The topological polar surface area (TPSA) is 37.6 Å². The Morgan fingerprint density at radius 2 is 2.10 bits per heavy atom. The molecule has 0 aliphatic carbocycles. The number of rotatable bonds is 4. The van der Waals surface area contributed by atoms with Crippen molar-refractivity contribution >= 4 is 17.8 Å². The molecule has 0 unspecified atom stereocenters. The number of fused-ring (bicyclic) bond motifs is 1. The third kappa shape index (κ3) is 2.76. The van der Waals surface area contributed by atoms with Crippen molar-refractivity contribution in [3.63, 3.8) is 0 Å². The molecule has 2 aromatic heterocycles. The van der Waals surface area contributed by atoms with Gasteiger partial charge in [-0.15, -0.1) is 0 Å². The van der Waals surface area contributed by atoms with E-state index in [4.69, 9.17) is 0 Å². The fraction of sp³-hybridized carbons (Fsp3) is 0.385. The van der Waals surface area contributed by atoms with Crippen molar-refractivity contribution in [1.82, 2.24) is 9.38 Å². The van der Waals surface area contributed by atoms with Gasteiger partial charge in [0.25, 0.3) is 0 Å². The number of anilines is 1. The number of alkyl halides is 3. The first-order chi connectivity index (χ1) is 9.33. The summed E-state index contributed by atoms with van der Waals surface area (Å²) in [6, 6.07) is 4.61. The Kier molecular flexibility index (Phi) is 3.69. The zero-order chi connectivity index (χ0) is 14.9. The van der Waals surface area contributed by atoms with Gasteiger partial charge in [0.15, 0.2) is 12.1 Å². The van der Waals surface area contributed by atoms with E-state index in [1.54, 1.807) is 38.2 Å². The van der Waals surface area contributed by atoms with Crippen LogP contribution in [0.2, 0.25) is 0 Å². The van der Waals surface area contributed by atoms with Gasteiger partial charge in [0.1, 0.15) is 17.9 Å². The molecule has 0 amide bonds. The van der Waals surface area contributed by atoms with Crippen LogP contribution in [0.1, 0.15) is 24.3 Å². The Bertz CT molecular complexity index is 619. The number of carbonyl (C=O) groups is 1. The number of hydrogen-bond acceptors (Lipinski definition) is 3. The monoisotopic (exact) mass is 285 g/mol. The SMILES string of the molecule is CC(C)N(CC(F)(F)F)c1nc2ccccn2c1C=O. The van der Waals surface area contributed by atoms with Crippen LogP contribution in [0.15, 0.2) is 24.4 Å². The highest BCUT2D eigenvalue weighted by atomic mass is 19.4. The molecule has 0 bridgehead atoms. The number of carbonyl (C=O) groups excluding carboxylic acids is 1. The predicted octanol–water partition coefficient (Wildman–Crippen LogP) is 2.92. The number of imidazole rings is 1. The zero-order valence-corrected chi connectivity index (χ0v) is 11.1. The third-order valence-corrected chi connectivity index (χ3v) is 2.90. The van der Waals surface area contributed by atoms with Crippen LogP contribution in [-0.2, 0) is 0 Å². The van der Waals surface area contributed by atoms with Gasteiger partial charge in [-0.2, -0.15) is 13.2 Å². The molecule has 0 aromatic carbocycles. The van der Waals surface area contributed by atoms with Crippen LogP contribution < -0.4 is 4.90 Å². The highest BCUT2D eigenvalue weighted by molar-refractivity contribution is 5.83. The largest absolute Gasteiger partial charge is 0.405 e. The molecule has 2 rings (SSSR count). The Morgan fingerprint density at radius 1 is 1.40 bits per heavy atom. The lowest BCUT2D eigenvalue weighted by Crippen LogP contribution is -2.40. The lowest BCUT2D eigenvalue weighted by Gasteiger charge is -2.28. The van der Waals surface area contributed by atoms with E-state index in [2.05, 4.69) is 4.98 Å². The number of pyridine rings is 1. The molecule has 2 aromatic rings. The van der Waals surface area contributed by atoms with Crippen LogP contribution in [0.4, 0.5) is 19.0 Å². The zero-order valence-electron chi connectivity index (χ0n) is 11.1. The molecule has 108 valence electrons. The van der Waals surface area contributed by atoms with Gasteiger partial charge in [-0.25, -0.2) is 4.98 Å². The Morgan fingerprint density at radius 3 is 2.65 bits per heavy atom. The molecule has 0 aliphatic heterocycles. The Labute approximate surface area is 113 Å². The van der Waals surface area contributed by atoms with Crippen LogP contribution in [0.5, 0.6) is 0 Å². The van der Waals surface area contributed by atoms with Gasteiger partial charge in [0, 0.05) is 12.2 Å². The van der Waals surface area contributed by atoms with Crippen LogP contribution in [0.3, 0.4) is 0 Å².